The first-order valence-electron chi connectivity index (χ1n) is 6.46. The Balaban J connectivity index is 3.04. The van der Waals surface area contributed by atoms with E-state index in [4.69, 9.17) is 10.5 Å². The summed E-state index contributed by atoms with van der Waals surface area (Å²) in [6, 6.07) is 1.93. The molecule has 0 amide bonds. The van der Waals surface area contributed by atoms with E-state index in [2.05, 4.69) is 0 Å². The molecule has 0 spiro atoms. The Hall–Kier alpha value is -1.09. The van der Waals surface area contributed by atoms with E-state index in [9.17, 15) is 17.2 Å². The lowest BCUT2D eigenvalue weighted by Gasteiger charge is -2.19. The number of ether oxygens (including phenoxy) is 1. The van der Waals surface area contributed by atoms with Gasteiger partial charge in [0.1, 0.15) is 4.90 Å². The Morgan fingerprint density at radius 3 is 2.48 bits per heavy atom. The molecule has 1 aromatic carbocycles. The second-order valence-corrected chi connectivity index (χ2v) is 6.85. The molecule has 0 aliphatic carbocycles. The molecule has 21 heavy (non-hydrogen) atoms. The second kappa shape index (κ2) is 7.26. The number of sulfonamides is 1. The summed E-state index contributed by atoms with van der Waals surface area (Å²) in [5, 5.41) is 0. The standard InChI is InChI=1S/C13H20F2N2O3S/c1-9(2)20-5-4-17(3)21(18,19)12-7-10(8-16)6-11(14)13(12)15/h6-7,9H,4-5,8,16H2,1-3H3. The van der Waals surface area contributed by atoms with Gasteiger partial charge < -0.3 is 10.5 Å². The summed E-state index contributed by atoms with van der Waals surface area (Å²) in [7, 11) is -2.86. The molecular formula is C13H20F2N2O3S. The first-order chi connectivity index (χ1) is 9.70. The summed E-state index contributed by atoms with van der Waals surface area (Å²) >= 11 is 0. The molecule has 0 aliphatic heterocycles. The van der Waals surface area contributed by atoms with Gasteiger partial charge in [0.15, 0.2) is 11.6 Å². The highest BCUT2D eigenvalue weighted by Gasteiger charge is 2.27. The summed E-state index contributed by atoms with van der Waals surface area (Å²) in [6.45, 7) is 3.74. The maximum atomic E-state index is 13.8. The first-order valence-corrected chi connectivity index (χ1v) is 7.90. The molecule has 0 unspecified atom stereocenters. The van der Waals surface area contributed by atoms with Gasteiger partial charge in [0.05, 0.1) is 12.7 Å². The first kappa shape index (κ1) is 18.0. The van der Waals surface area contributed by atoms with Gasteiger partial charge >= 0.3 is 0 Å². The van der Waals surface area contributed by atoms with Crippen molar-refractivity contribution < 1.29 is 21.9 Å². The average molecular weight is 322 g/mol. The van der Waals surface area contributed by atoms with Crippen LogP contribution in [0.1, 0.15) is 19.4 Å². The SMILES string of the molecule is CC(C)OCCN(C)S(=O)(=O)c1cc(CN)cc(F)c1F. The lowest BCUT2D eigenvalue weighted by Crippen LogP contribution is -2.31. The van der Waals surface area contributed by atoms with Crippen molar-refractivity contribution in [1.82, 2.24) is 4.31 Å². The van der Waals surface area contributed by atoms with Crippen LogP contribution in [-0.2, 0) is 21.3 Å². The van der Waals surface area contributed by atoms with E-state index < -0.39 is 26.6 Å². The topological polar surface area (TPSA) is 72.6 Å². The average Bonchev–Trinajstić information content (AvgIpc) is 2.40. The van der Waals surface area contributed by atoms with Gasteiger partial charge in [-0.2, -0.15) is 4.31 Å². The number of rotatable bonds is 7. The van der Waals surface area contributed by atoms with Gasteiger partial charge in [0, 0.05) is 20.1 Å². The largest absolute Gasteiger partial charge is 0.377 e. The Labute approximate surface area is 123 Å². The fourth-order valence-electron chi connectivity index (χ4n) is 1.63. The van der Waals surface area contributed by atoms with Gasteiger partial charge in [-0.05, 0) is 31.5 Å². The normalized spacial score (nSPS) is 12.4. The molecular weight excluding hydrogens is 302 g/mol. The summed E-state index contributed by atoms with van der Waals surface area (Å²) in [6.07, 6.45) is -0.0455. The number of hydrogen-bond acceptors (Lipinski definition) is 4. The number of hydrogen-bond donors (Lipinski definition) is 1. The predicted molar refractivity (Wildman–Crippen MR) is 75.2 cm³/mol. The van der Waals surface area contributed by atoms with Crippen LogP contribution in [0.5, 0.6) is 0 Å². The van der Waals surface area contributed by atoms with Crippen LogP contribution >= 0.6 is 0 Å². The number of benzene rings is 1. The molecule has 1 aromatic rings. The van der Waals surface area contributed by atoms with E-state index >= 15 is 0 Å². The fourth-order valence-corrected chi connectivity index (χ4v) is 2.90. The monoisotopic (exact) mass is 322 g/mol. The summed E-state index contributed by atoms with van der Waals surface area (Å²) in [5.74, 6) is -2.63. The number of nitrogens with two attached hydrogens (primary N) is 1. The van der Waals surface area contributed by atoms with Crippen LogP contribution in [0.15, 0.2) is 17.0 Å². The summed E-state index contributed by atoms with van der Waals surface area (Å²) < 4.78 is 57.9. The van der Waals surface area contributed by atoms with Crippen molar-refractivity contribution in [3.05, 3.63) is 29.3 Å². The molecule has 0 aliphatic rings. The molecule has 0 heterocycles. The van der Waals surface area contributed by atoms with Gasteiger partial charge in [-0.15, -0.1) is 0 Å². The molecule has 120 valence electrons. The second-order valence-electron chi connectivity index (χ2n) is 4.84. The van der Waals surface area contributed by atoms with Gasteiger partial charge in [-0.25, -0.2) is 17.2 Å². The highest BCUT2D eigenvalue weighted by atomic mass is 32.2. The van der Waals surface area contributed by atoms with E-state index in [0.29, 0.717) is 0 Å². The molecule has 8 heteroatoms. The van der Waals surface area contributed by atoms with E-state index in [1.165, 1.54) is 7.05 Å². The molecule has 5 nitrogen and oxygen atoms in total. The van der Waals surface area contributed by atoms with Gasteiger partial charge in [-0.1, -0.05) is 0 Å². The smallest absolute Gasteiger partial charge is 0.245 e. The van der Waals surface area contributed by atoms with Crippen LogP contribution in [0.3, 0.4) is 0 Å². The Morgan fingerprint density at radius 1 is 1.33 bits per heavy atom. The van der Waals surface area contributed by atoms with Gasteiger partial charge in [0.2, 0.25) is 10.0 Å². The molecule has 0 atom stereocenters. The summed E-state index contributed by atoms with van der Waals surface area (Å²) in [5.41, 5.74) is 5.56. The van der Waals surface area contributed by atoms with Crippen molar-refractivity contribution in [2.75, 3.05) is 20.2 Å². The van der Waals surface area contributed by atoms with E-state index in [1.54, 1.807) is 0 Å². The third-order valence-electron chi connectivity index (χ3n) is 2.84. The van der Waals surface area contributed by atoms with Gasteiger partial charge in [-0.3, -0.25) is 0 Å². The van der Waals surface area contributed by atoms with Crippen molar-refractivity contribution >= 4 is 10.0 Å². The number of nitrogens with zero attached hydrogens (tertiary/aromatic N) is 1. The van der Waals surface area contributed by atoms with Gasteiger partial charge in [0.25, 0.3) is 0 Å². The van der Waals surface area contributed by atoms with Crippen molar-refractivity contribution in [2.24, 2.45) is 5.73 Å². The highest BCUT2D eigenvalue weighted by Crippen LogP contribution is 2.22. The quantitative estimate of drug-likeness (QED) is 0.825. The Morgan fingerprint density at radius 2 is 1.95 bits per heavy atom. The van der Waals surface area contributed by atoms with Crippen molar-refractivity contribution in [3.63, 3.8) is 0 Å². The zero-order valence-electron chi connectivity index (χ0n) is 12.3. The third kappa shape index (κ3) is 4.44. The Bertz CT molecular complexity index is 591. The lowest BCUT2D eigenvalue weighted by atomic mass is 10.2. The lowest BCUT2D eigenvalue weighted by molar-refractivity contribution is 0.0737. The molecule has 0 fully saturated rings. The minimum absolute atomic E-state index is 0.0361. The van der Waals surface area contributed by atoms with Crippen molar-refractivity contribution in [3.8, 4) is 0 Å². The van der Waals surface area contributed by atoms with Crippen LogP contribution in [0, 0.1) is 11.6 Å². The number of likely N-dealkylation sites (N-methyl/N-ethyl adjacent to an activating group) is 1. The molecule has 0 saturated carbocycles. The van der Waals surface area contributed by atoms with Crippen LogP contribution < -0.4 is 5.73 Å². The van der Waals surface area contributed by atoms with Crippen LogP contribution in [0.4, 0.5) is 8.78 Å². The van der Waals surface area contributed by atoms with Crippen LogP contribution in [0.25, 0.3) is 0 Å². The summed E-state index contributed by atoms with van der Waals surface area (Å²) in [4.78, 5) is -0.713. The fraction of sp³-hybridized carbons (Fsp3) is 0.538. The number of halogens is 2. The molecule has 0 radical (unpaired) electrons. The third-order valence-corrected chi connectivity index (χ3v) is 4.69. The van der Waals surface area contributed by atoms with Crippen LogP contribution in [-0.4, -0.2) is 39.0 Å². The highest BCUT2D eigenvalue weighted by molar-refractivity contribution is 7.89. The predicted octanol–water partition coefficient (Wildman–Crippen LogP) is 1.47. The molecule has 2 N–H and O–H groups in total. The minimum atomic E-state index is -4.14. The molecule has 1 rings (SSSR count). The van der Waals surface area contributed by atoms with E-state index in [0.717, 1.165) is 16.4 Å². The zero-order chi connectivity index (χ0) is 16.2. The van der Waals surface area contributed by atoms with E-state index in [1.807, 2.05) is 13.8 Å². The van der Waals surface area contributed by atoms with Crippen molar-refractivity contribution in [2.45, 2.75) is 31.4 Å². The van der Waals surface area contributed by atoms with Crippen molar-refractivity contribution in [1.29, 1.82) is 0 Å². The molecule has 0 saturated heterocycles. The maximum Gasteiger partial charge on any atom is 0.245 e. The minimum Gasteiger partial charge on any atom is -0.377 e. The zero-order valence-corrected chi connectivity index (χ0v) is 13.1. The molecule has 0 aromatic heterocycles. The van der Waals surface area contributed by atoms with E-state index in [-0.39, 0.29) is 31.4 Å². The maximum absolute atomic E-state index is 13.8. The van der Waals surface area contributed by atoms with Crippen LogP contribution in [0.2, 0.25) is 0 Å². The molecule has 0 bridgehead atoms. The Kier molecular flexibility index (Phi) is 6.21.